The van der Waals surface area contributed by atoms with E-state index in [0.29, 0.717) is 11.3 Å². The Labute approximate surface area is 112 Å². The van der Waals surface area contributed by atoms with Crippen LogP contribution < -0.4 is 9.47 Å². The number of hydrogen-bond acceptors (Lipinski definition) is 3. The van der Waals surface area contributed by atoms with Crippen LogP contribution in [0.25, 0.3) is 0 Å². The van der Waals surface area contributed by atoms with Gasteiger partial charge in [0.05, 0.1) is 12.2 Å². The lowest BCUT2D eigenvalue weighted by molar-refractivity contribution is 0.0961. The zero-order chi connectivity index (χ0) is 12.8. The Morgan fingerprint density at radius 1 is 1.26 bits per heavy atom. The first-order valence-corrected chi connectivity index (χ1v) is 7.22. The number of hydrogen-bond donors (Lipinski definition) is 0. The van der Waals surface area contributed by atoms with Crippen LogP contribution in [0.4, 0.5) is 0 Å². The maximum atomic E-state index is 11.5. The summed E-state index contributed by atoms with van der Waals surface area (Å²) < 4.78 is 11.3. The van der Waals surface area contributed by atoms with Gasteiger partial charge in [0.25, 0.3) is 0 Å². The second-order valence-corrected chi connectivity index (χ2v) is 6.12. The van der Waals surface area contributed by atoms with Crippen molar-refractivity contribution in [2.75, 3.05) is 13.2 Å². The largest absolute Gasteiger partial charge is 0.493 e. The molecule has 2 saturated carbocycles. The fraction of sp³-hybridized carbons (Fsp3) is 0.562. The zero-order valence-electron chi connectivity index (χ0n) is 10.9. The van der Waals surface area contributed by atoms with Gasteiger partial charge in [-0.25, -0.2) is 0 Å². The van der Waals surface area contributed by atoms with Crippen molar-refractivity contribution in [3.8, 4) is 11.5 Å². The number of Topliss-reactive ketones (excluding diaryl/α,β-unsaturated/α-hetero) is 1. The maximum absolute atomic E-state index is 11.5. The molecule has 3 atom stereocenters. The van der Waals surface area contributed by atoms with Gasteiger partial charge in [0.1, 0.15) is 11.5 Å². The molecule has 19 heavy (non-hydrogen) atoms. The quantitative estimate of drug-likeness (QED) is 0.835. The lowest BCUT2D eigenvalue weighted by Crippen LogP contribution is -2.18. The van der Waals surface area contributed by atoms with Crippen molar-refractivity contribution in [3.63, 3.8) is 0 Å². The first-order valence-electron chi connectivity index (χ1n) is 7.22. The summed E-state index contributed by atoms with van der Waals surface area (Å²) in [4.78, 5) is 11.5. The van der Waals surface area contributed by atoms with E-state index in [2.05, 4.69) is 0 Å². The number of rotatable bonds is 3. The Morgan fingerprint density at radius 2 is 2.21 bits per heavy atom. The zero-order valence-corrected chi connectivity index (χ0v) is 10.9. The molecule has 1 heterocycles. The topological polar surface area (TPSA) is 35.5 Å². The van der Waals surface area contributed by atoms with Crippen LogP contribution in [0.1, 0.15) is 36.0 Å². The molecule has 0 radical (unpaired) electrons. The fourth-order valence-electron chi connectivity index (χ4n) is 3.95. The lowest BCUT2D eigenvalue weighted by Gasteiger charge is -2.21. The summed E-state index contributed by atoms with van der Waals surface area (Å²) in [6.07, 6.45) is 5.57. The van der Waals surface area contributed by atoms with Gasteiger partial charge >= 0.3 is 0 Å². The number of ether oxygens (including phenoxy) is 2. The second-order valence-electron chi connectivity index (χ2n) is 6.12. The van der Waals surface area contributed by atoms with Crippen LogP contribution in [0.15, 0.2) is 18.2 Å². The molecular formula is C16H18O3. The molecule has 3 heteroatoms. The van der Waals surface area contributed by atoms with E-state index in [0.717, 1.165) is 30.1 Å². The molecule has 2 fully saturated rings. The minimum atomic E-state index is 0.0645. The molecule has 2 aliphatic carbocycles. The normalized spacial score (nSPS) is 31.4. The molecule has 3 nitrogen and oxygen atoms in total. The summed E-state index contributed by atoms with van der Waals surface area (Å²) in [5.74, 6) is 4.15. The number of ketones is 1. The fourth-order valence-corrected chi connectivity index (χ4v) is 3.95. The molecule has 4 rings (SSSR count). The van der Waals surface area contributed by atoms with Crippen LogP contribution in [-0.2, 0) is 0 Å². The predicted octanol–water partition coefficient (Wildman–Crippen LogP) is 3.08. The summed E-state index contributed by atoms with van der Waals surface area (Å²) in [5, 5.41) is 0. The van der Waals surface area contributed by atoms with Crippen LogP contribution >= 0.6 is 0 Å². The van der Waals surface area contributed by atoms with E-state index in [9.17, 15) is 4.79 Å². The van der Waals surface area contributed by atoms with E-state index in [-0.39, 0.29) is 12.4 Å². The minimum Gasteiger partial charge on any atom is -0.493 e. The van der Waals surface area contributed by atoms with Gasteiger partial charge in [-0.2, -0.15) is 0 Å². The highest BCUT2D eigenvalue weighted by atomic mass is 16.5. The predicted molar refractivity (Wildman–Crippen MR) is 70.7 cm³/mol. The van der Waals surface area contributed by atoms with E-state index in [1.807, 2.05) is 18.2 Å². The number of carbonyl (C=O) groups excluding carboxylic acids is 1. The summed E-state index contributed by atoms with van der Waals surface area (Å²) in [6, 6.07) is 5.56. The Bertz CT molecular complexity index is 523. The Kier molecular flexibility index (Phi) is 2.54. The Balaban J connectivity index is 1.42. The Morgan fingerprint density at radius 3 is 3.00 bits per heavy atom. The highest BCUT2D eigenvalue weighted by molar-refractivity contribution is 6.02. The highest BCUT2D eigenvalue weighted by Gasteiger charge is 2.39. The maximum Gasteiger partial charge on any atom is 0.203 e. The standard InChI is InChI=1S/C16H18O3/c17-15-9-19-16-7-13(3-4-14(15)16)18-8-12-6-10-1-2-11(12)5-10/h3-4,7,10-12H,1-2,5-6,8-9H2. The van der Waals surface area contributed by atoms with E-state index in [4.69, 9.17) is 9.47 Å². The number of benzene rings is 1. The van der Waals surface area contributed by atoms with Crippen LogP contribution in [-0.4, -0.2) is 19.0 Å². The summed E-state index contributed by atoms with van der Waals surface area (Å²) in [5.41, 5.74) is 0.687. The van der Waals surface area contributed by atoms with Crippen molar-refractivity contribution in [1.82, 2.24) is 0 Å². The van der Waals surface area contributed by atoms with E-state index < -0.39 is 0 Å². The van der Waals surface area contributed by atoms with Crippen molar-refractivity contribution in [3.05, 3.63) is 23.8 Å². The van der Waals surface area contributed by atoms with Crippen LogP contribution in [0.3, 0.4) is 0 Å². The molecule has 3 unspecified atom stereocenters. The smallest absolute Gasteiger partial charge is 0.203 e. The first kappa shape index (κ1) is 11.3. The monoisotopic (exact) mass is 258 g/mol. The molecule has 0 spiro atoms. The SMILES string of the molecule is O=C1COc2cc(OCC3CC4CCC3C4)ccc21. The van der Waals surface area contributed by atoms with Gasteiger partial charge in [-0.05, 0) is 49.1 Å². The van der Waals surface area contributed by atoms with Crippen molar-refractivity contribution < 1.29 is 14.3 Å². The third-order valence-corrected chi connectivity index (χ3v) is 4.96. The number of fused-ring (bicyclic) bond motifs is 3. The van der Waals surface area contributed by atoms with Gasteiger partial charge in [-0.3, -0.25) is 4.79 Å². The van der Waals surface area contributed by atoms with Gasteiger partial charge in [0.15, 0.2) is 6.61 Å². The molecule has 100 valence electrons. The molecule has 0 amide bonds. The third kappa shape index (κ3) is 1.92. The van der Waals surface area contributed by atoms with Crippen LogP contribution in [0, 0.1) is 17.8 Å². The van der Waals surface area contributed by atoms with Gasteiger partial charge in [-0.15, -0.1) is 0 Å². The number of carbonyl (C=O) groups is 1. The van der Waals surface area contributed by atoms with E-state index in [1.54, 1.807) is 0 Å². The molecule has 1 aliphatic heterocycles. The van der Waals surface area contributed by atoms with Gasteiger partial charge < -0.3 is 9.47 Å². The molecule has 1 aromatic rings. The van der Waals surface area contributed by atoms with E-state index >= 15 is 0 Å². The third-order valence-electron chi connectivity index (χ3n) is 4.96. The van der Waals surface area contributed by atoms with Crippen molar-refractivity contribution in [1.29, 1.82) is 0 Å². The lowest BCUT2D eigenvalue weighted by atomic mass is 9.89. The molecular weight excluding hydrogens is 240 g/mol. The van der Waals surface area contributed by atoms with E-state index in [1.165, 1.54) is 25.7 Å². The van der Waals surface area contributed by atoms with Gasteiger partial charge in [0.2, 0.25) is 5.78 Å². The summed E-state index contributed by atoms with van der Waals surface area (Å²) >= 11 is 0. The average Bonchev–Trinajstić information content (AvgIpc) is 3.12. The molecule has 0 aromatic heterocycles. The first-order chi connectivity index (χ1) is 9.29. The van der Waals surface area contributed by atoms with Crippen molar-refractivity contribution >= 4 is 5.78 Å². The van der Waals surface area contributed by atoms with Crippen LogP contribution in [0.5, 0.6) is 11.5 Å². The average molecular weight is 258 g/mol. The van der Waals surface area contributed by atoms with Crippen LogP contribution in [0.2, 0.25) is 0 Å². The molecule has 3 aliphatic rings. The minimum absolute atomic E-state index is 0.0645. The van der Waals surface area contributed by atoms with Crippen molar-refractivity contribution in [2.24, 2.45) is 17.8 Å². The molecule has 0 N–H and O–H groups in total. The highest BCUT2D eigenvalue weighted by Crippen LogP contribution is 2.48. The molecule has 2 bridgehead atoms. The van der Waals surface area contributed by atoms with Gasteiger partial charge in [-0.1, -0.05) is 6.42 Å². The molecule has 0 saturated heterocycles. The summed E-state index contributed by atoms with van der Waals surface area (Å²) in [6.45, 7) is 0.985. The van der Waals surface area contributed by atoms with Crippen molar-refractivity contribution in [2.45, 2.75) is 25.7 Å². The Hall–Kier alpha value is -1.51. The molecule has 1 aromatic carbocycles. The second kappa shape index (κ2) is 4.26. The van der Waals surface area contributed by atoms with Gasteiger partial charge in [0, 0.05) is 6.07 Å². The summed E-state index contributed by atoms with van der Waals surface area (Å²) in [7, 11) is 0.